The van der Waals surface area contributed by atoms with Gasteiger partial charge in [-0.2, -0.15) is 0 Å². The van der Waals surface area contributed by atoms with Gasteiger partial charge in [-0.3, -0.25) is 0 Å². The fourth-order valence-electron chi connectivity index (χ4n) is 2.65. The van der Waals surface area contributed by atoms with Gasteiger partial charge in [0.1, 0.15) is 0 Å². The van der Waals surface area contributed by atoms with Gasteiger partial charge in [-0.25, -0.2) is 0 Å². The highest BCUT2D eigenvalue weighted by Crippen LogP contribution is 2.02. The first-order chi connectivity index (χ1) is 9.74. The van der Waals surface area contributed by atoms with Gasteiger partial charge in [0.2, 0.25) is 0 Å². The zero-order valence-electron chi connectivity index (χ0n) is 13.7. The van der Waals surface area contributed by atoms with Crippen LogP contribution in [0.2, 0.25) is 0 Å². The van der Waals surface area contributed by atoms with E-state index in [4.69, 9.17) is 0 Å². The smallest absolute Gasteiger partial charge is 0.0818 e. The van der Waals surface area contributed by atoms with Crippen molar-refractivity contribution in [3.8, 4) is 0 Å². The Hall–Kier alpha value is -0.866. The topological polar surface area (TPSA) is 0 Å². The first-order valence-electron chi connectivity index (χ1n) is 8.17. The summed E-state index contributed by atoms with van der Waals surface area (Å²) in [5, 5.41) is 6.87. The van der Waals surface area contributed by atoms with Crippen LogP contribution in [0.3, 0.4) is 0 Å². The number of allylic oxidation sites excluding steroid dienone is 4. The monoisotopic (exact) mass is 302 g/mol. The predicted octanol–water partition coefficient (Wildman–Crippen LogP) is 2.68. The van der Waals surface area contributed by atoms with Gasteiger partial charge in [-0.05, 0) is 25.7 Å². The van der Waals surface area contributed by atoms with Crippen LogP contribution in [0.1, 0.15) is 53.4 Å². The summed E-state index contributed by atoms with van der Waals surface area (Å²) in [5.41, 5.74) is 0. The third kappa shape index (κ3) is 5.63. The molecule has 0 unspecified atom stereocenters. The molecule has 1 aromatic rings. The highest BCUT2D eigenvalue weighted by atomic mass is 28.2. The Morgan fingerprint density at radius 1 is 0.800 bits per heavy atom. The lowest BCUT2D eigenvalue weighted by Gasteiger charge is -2.12. The van der Waals surface area contributed by atoms with Crippen molar-refractivity contribution in [2.24, 2.45) is 0 Å². The van der Waals surface area contributed by atoms with Crippen molar-refractivity contribution in [1.29, 1.82) is 0 Å². The van der Waals surface area contributed by atoms with Crippen molar-refractivity contribution in [3.05, 3.63) is 46.8 Å². The summed E-state index contributed by atoms with van der Waals surface area (Å²) in [6, 6.07) is 9.25. The van der Waals surface area contributed by atoms with Crippen LogP contribution in [0.5, 0.6) is 0 Å². The summed E-state index contributed by atoms with van der Waals surface area (Å²) >= 11 is 0. The first kappa shape index (κ1) is 17.2. The molecule has 110 valence electrons. The van der Waals surface area contributed by atoms with E-state index in [-0.39, 0.29) is 19.0 Å². The Kier molecular flexibility index (Phi) is 8.55. The second kappa shape index (κ2) is 9.95. The van der Waals surface area contributed by atoms with Crippen molar-refractivity contribution >= 4 is 29.4 Å². The van der Waals surface area contributed by atoms with Crippen molar-refractivity contribution in [1.82, 2.24) is 0 Å². The zero-order valence-corrected chi connectivity index (χ0v) is 16.5. The Bertz CT molecular complexity index is 415. The standard InChI is InChI=1S/C18H30Si2/c1-5-11-15(7-3)19-17-13-9-10-14-18(17)20-16(8-4)12-6-2/h9-14H,5-8,19-20H2,1-4H3. The number of benzene rings is 1. The van der Waals surface area contributed by atoms with Crippen LogP contribution >= 0.6 is 0 Å². The molecule has 0 radical (unpaired) electrons. The van der Waals surface area contributed by atoms with E-state index in [9.17, 15) is 0 Å². The highest BCUT2D eigenvalue weighted by Gasteiger charge is 2.06. The van der Waals surface area contributed by atoms with Gasteiger partial charge in [0.25, 0.3) is 0 Å². The van der Waals surface area contributed by atoms with Gasteiger partial charge in [-0.1, -0.05) is 84.9 Å². The number of hydrogen-bond acceptors (Lipinski definition) is 0. The molecule has 2 heteroatoms. The van der Waals surface area contributed by atoms with Gasteiger partial charge < -0.3 is 0 Å². The quantitative estimate of drug-likeness (QED) is 0.648. The molecule has 0 nitrogen and oxygen atoms in total. The minimum Gasteiger partial charge on any atom is -0.0897 e. The fraction of sp³-hybridized carbons (Fsp3) is 0.444. The van der Waals surface area contributed by atoms with Crippen LogP contribution in [-0.4, -0.2) is 19.0 Å². The van der Waals surface area contributed by atoms with E-state index < -0.39 is 0 Å². The van der Waals surface area contributed by atoms with Gasteiger partial charge in [0.05, 0.1) is 19.0 Å². The average molecular weight is 303 g/mol. The molecular weight excluding hydrogens is 272 g/mol. The van der Waals surface area contributed by atoms with Gasteiger partial charge in [0.15, 0.2) is 0 Å². The fourth-order valence-corrected chi connectivity index (χ4v) is 6.94. The summed E-state index contributed by atoms with van der Waals surface area (Å²) in [6.45, 7) is 9.12. The van der Waals surface area contributed by atoms with Crippen molar-refractivity contribution in [2.45, 2.75) is 53.4 Å². The first-order valence-corrected chi connectivity index (χ1v) is 11.0. The molecule has 0 saturated carbocycles. The normalized spacial score (nSPS) is 14.0. The molecule has 0 atom stereocenters. The third-order valence-corrected chi connectivity index (χ3v) is 8.97. The predicted molar refractivity (Wildman–Crippen MR) is 100 cm³/mol. The van der Waals surface area contributed by atoms with Crippen molar-refractivity contribution < 1.29 is 0 Å². The maximum absolute atomic E-state index is 2.47. The van der Waals surface area contributed by atoms with E-state index in [1.807, 2.05) is 0 Å². The Balaban J connectivity index is 2.93. The van der Waals surface area contributed by atoms with Crippen LogP contribution in [0.25, 0.3) is 0 Å². The molecule has 1 rings (SSSR count). The van der Waals surface area contributed by atoms with Gasteiger partial charge >= 0.3 is 0 Å². The van der Waals surface area contributed by atoms with Gasteiger partial charge in [-0.15, -0.1) is 0 Å². The second-order valence-corrected chi connectivity index (χ2v) is 9.42. The highest BCUT2D eigenvalue weighted by molar-refractivity contribution is 6.72. The lowest BCUT2D eigenvalue weighted by atomic mass is 10.3. The molecular formula is C18H30Si2. The van der Waals surface area contributed by atoms with E-state index >= 15 is 0 Å². The minimum absolute atomic E-state index is 0.233. The van der Waals surface area contributed by atoms with Crippen molar-refractivity contribution in [2.75, 3.05) is 0 Å². The van der Waals surface area contributed by atoms with E-state index in [2.05, 4.69) is 64.1 Å². The summed E-state index contributed by atoms with van der Waals surface area (Å²) in [5.74, 6) is 0. The summed E-state index contributed by atoms with van der Waals surface area (Å²) in [6.07, 6.45) is 9.78. The van der Waals surface area contributed by atoms with Crippen LogP contribution in [0.15, 0.2) is 46.8 Å². The SMILES string of the molecule is CCC=C(CC)[SiH2]c1ccccc1[SiH2]C(=CCC)CC. The number of rotatable bonds is 8. The molecule has 0 amide bonds. The maximum Gasteiger partial charge on any atom is 0.0818 e. The van der Waals surface area contributed by atoms with Gasteiger partial charge in [0, 0.05) is 0 Å². The molecule has 0 aliphatic heterocycles. The van der Waals surface area contributed by atoms with E-state index in [1.54, 1.807) is 20.8 Å². The van der Waals surface area contributed by atoms with Crippen LogP contribution < -0.4 is 10.4 Å². The molecule has 0 fully saturated rings. The molecule has 0 aliphatic carbocycles. The minimum atomic E-state index is -0.233. The molecule has 0 bridgehead atoms. The summed E-state index contributed by atoms with van der Waals surface area (Å²) in [4.78, 5) is 0. The maximum atomic E-state index is 2.47. The lowest BCUT2D eigenvalue weighted by Crippen LogP contribution is -2.37. The molecule has 1 aromatic carbocycles. The molecule has 0 spiro atoms. The number of hydrogen-bond donors (Lipinski definition) is 0. The second-order valence-electron chi connectivity index (χ2n) is 5.37. The summed E-state index contributed by atoms with van der Waals surface area (Å²) in [7, 11) is -0.467. The average Bonchev–Trinajstić information content (AvgIpc) is 2.48. The van der Waals surface area contributed by atoms with E-state index in [0.29, 0.717) is 0 Å². The Labute approximate surface area is 130 Å². The Morgan fingerprint density at radius 3 is 1.50 bits per heavy atom. The van der Waals surface area contributed by atoms with Crippen LogP contribution in [-0.2, 0) is 0 Å². The van der Waals surface area contributed by atoms with E-state index in [0.717, 1.165) is 0 Å². The van der Waals surface area contributed by atoms with Crippen molar-refractivity contribution in [3.63, 3.8) is 0 Å². The molecule has 0 aliphatic rings. The Morgan fingerprint density at radius 2 is 1.20 bits per heavy atom. The molecule has 0 N–H and O–H groups in total. The molecule has 0 saturated heterocycles. The molecule has 0 heterocycles. The van der Waals surface area contributed by atoms with Crippen LogP contribution in [0, 0.1) is 0 Å². The largest absolute Gasteiger partial charge is 0.0897 e. The third-order valence-electron chi connectivity index (χ3n) is 3.85. The van der Waals surface area contributed by atoms with E-state index in [1.165, 1.54) is 25.7 Å². The zero-order chi connectivity index (χ0) is 14.8. The molecule has 20 heavy (non-hydrogen) atoms. The van der Waals surface area contributed by atoms with Crippen LogP contribution in [0.4, 0.5) is 0 Å². The summed E-state index contributed by atoms with van der Waals surface area (Å²) < 4.78 is 0. The molecule has 0 aromatic heterocycles. The lowest BCUT2D eigenvalue weighted by molar-refractivity contribution is 1.13.